The molecule has 2 rings (SSSR count). The summed E-state index contributed by atoms with van der Waals surface area (Å²) < 4.78 is 27.2. The first-order chi connectivity index (χ1) is 6.47. The van der Waals surface area contributed by atoms with E-state index in [-0.39, 0.29) is 5.09 Å². The molecule has 1 aromatic heterocycles. The Morgan fingerprint density at radius 1 is 1.57 bits per heavy atom. The number of hydrogen-bond acceptors (Lipinski definition) is 4. The van der Waals surface area contributed by atoms with E-state index in [4.69, 9.17) is 9.56 Å². The Bertz CT molecular complexity index is 449. The fraction of sp³-hybridized carbons (Fsp3) is 0.500. The van der Waals surface area contributed by atoms with Crippen molar-refractivity contribution in [3.63, 3.8) is 0 Å². The topological polar surface area (TPSA) is 76.5 Å². The van der Waals surface area contributed by atoms with Gasteiger partial charge in [0.25, 0.3) is 10.0 Å². The monoisotopic (exact) mass is 216 g/mol. The number of sulfonamides is 1. The summed E-state index contributed by atoms with van der Waals surface area (Å²) in [5.41, 5.74) is 0.951. The van der Waals surface area contributed by atoms with E-state index < -0.39 is 10.0 Å². The van der Waals surface area contributed by atoms with Gasteiger partial charge in [-0.25, -0.2) is 13.6 Å². The van der Waals surface area contributed by atoms with Crippen LogP contribution in [0.15, 0.2) is 15.6 Å². The van der Waals surface area contributed by atoms with Crippen LogP contribution >= 0.6 is 0 Å². The molecular weight excluding hydrogens is 204 g/mol. The van der Waals surface area contributed by atoms with Gasteiger partial charge in [-0.3, -0.25) is 4.90 Å². The minimum atomic E-state index is -3.70. The lowest BCUT2D eigenvalue weighted by atomic mass is 10.1. The van der Waals surface area contributed by atoms with Crippen LogP contribution in [0.4, 0.5) is 0 Å². The molecule has 14 heavy (non-hydrogen) atoms. The molecule has 0 amide bonds. The summed E-state index contributed by atoms with van der Waals surface area (Å²) >= 11 is 0. The van der Waals surface area contributed by atoms with Gasteiger partial charge >= 0.3 is 0 Å². The Kier molecular flexibility index (Phi) is 2.13. The zero-order valence-electron chi connectivity index (χ0n) is 7.86. The molecule has 78 valence electrons. The fourth-order valence-corrected chi connectivity index (χ4v) is 2.08. The summed E-state index contributed by atoms with van der Waals surface area (Å²) in [6.07, 6.45) is 0.810. The normalized spacial score (nSPS) is 18.1. The summed E-state index contributed by atoms with van der Waals surface area (Å²) in [5.74, 6) is 0.711. The first-order valence-electron chi connectivity index (χ1n) is 4.30. The van der Waals surface area contributed by atoms with Crippen molar-refractivity contribution in [2.24, 2.45) is 5.14 Å². The second kappa shape index (κ2) is 3.08. The Balaban J connectivity index is 2.42. The Morgan fingerprint density at radius 3 is 2.93 bits per heavy atom. The van der Waals surface area contributed by atoms with E-state index in [1.54, 1.807) is 0 Å². The third-order valence-electron chi connectivity index (χ3n) is 2.33. The van der Waals surface area contributed by atoms with Crippen LogP contribution in [0.3, 0.4) is 0 Å². The van der Waals surface area contributed by atoms with Gasteiger partial charge in [-0.1, -0.05) is 0 Å². The maximum atomic E-state index is 11.0. The molecule has 2 N–H and O–H groups in total. The average molecular weight is 216 g/mol. The molecule has 0 atom stereocenters. The van der Waals surface area contributed by atoms with Crippen molar-refractivity contribution in [1.29, 1.82) is 0 Å². The Hall–Kier alpha value is -0.850. The lowest BCUT2D eigenvalue weighted by Gasteiger charge is -2.20. The van der Waals surface area contributed by atoms with Crippen LogP contribution < -0.4 is 5.14 Å². The highest BCUT2D eigenvalue weighted by atomic mass is 32.2. The number of likely N-dealkylation sites (N-methyl/N-ethyl adjacent to an activating group) is 1. The second-order valence-electron chi connectivity index (χ2n) is 3.55. The standard InChI is InChI=1S/C8H12N2O3S/c1-10-3-2-6-4-8(14(9,11)12)13-7(6)5-10/h4H,2-3,5H2,1H3,(H2,9,11,12). The number of hydrogen-bond donors (Lipinski definition) is 1. The molecule has 1 aliphatic heterocycles. The predicted octanol–water partition coefficient (Wildman–Crippen LogP) is -0.0851. The molecule has 5 nitrogen and oxygen atoms in total. The van der Waals surface area contributed by atoms with Crippen LogP contribution in [0.2, 0.25) is 0 Å². The number of nitrogens with two attached hydrogens (primary N) is 1. The molecule has 0 aliphatic carbocycles. The van der Waals surface area contributed by atoms with E-state index >= 15 is 0 Å². The number of fused-ring (bicyclic) bond motifs is 1. The van der Waals surface area contributed by atoms with E-state index in [0.29, 0.717) is 12.3 Å². The largest absolute Gasteiger partial charge is 0.447 e. The lowest BCUT2D eigenvalue weighted by Crippen LogP contribution is -2.25. The Morgan fingerprint density at radius 2 is 2.29 bits per heavy atom. The predicted molar refractivity (Wildman–Crippen MR) is 50.1 cm³/mol. The highest BCUT2D eigenvalue weighted by Crippen LogP contribution is 2.23. The van der Waals surface area contributed by atoms with Crippen LogP contribution in [-0.2, 0) is 23.0 Å². The van der Waals surface area contributed by atoms with Crippen LogP contribution in [0.5, 0.6) is 0 Å². The van der Waals surface area contributed by atoms with Crippen molar-refractivity contribution in [3.05, 3.63) is 17.4 Å². The van der Waals surface area contributed by atoms with Crippen LogP contribution in [0, 0.1) is 0 Å². The smallest absolute Gasteiger partial charge is 0.271 e. The van der Waals surface area contributed by atoms with E-state index in [1.165, 1.54) is 6.07 Å². The summed E-state index contributed by atoms with van der Waals surface area (Å²) in [5, 5.41) is 4.84. The minimum Gasteiger partial charge on any atom is -0.447 e. The summed E-state index contributed by atoms with van der Waals surface area (Å²) in [6, 6.07) is 1.53. The van der Waals surface area contributed by atoms with E-state index in [9.17, 15) is 8.42 Å². The highest BCUT2D eigenvalue weighted by molar-refractivity contribution is 7.89. The molecule has 0 aromatic carbocycles. The number of rotatable bonds is 1. The Labute approximate surface area is 82.5 Å². The maximum absolute atomic E-state index is 11.0. The summed E-state index contributed by atoms with van der Waals surface area (Å²) in [6.45, 7) is 1.56. The van der Waals surface area contributed by atoms with Gasteiger partial charge in [0.05, 0.1) is 6.54 Å². The zero-order valence-corrected chi connectivity index (χ0v) is 8.67. The van der Waals surface area contributed by atoms with Gasteiger partial charge in [0.1, 0.15) is 5.76 Å². The lowest BCUT2D eigenvalue weighted by molar-refractivity contribution is 0.265. The molecule has 0 fully saturated rings. The second-order valence-corrected chi connectivity index (χ2v) is 5.04. The van der Waals surface area contributed by atoms with Gasteiger partial charge in [-0.15, -0.1) is 0 Å². The van der Waals surface area contributed by atoms with Crippen molar-refractivity contribution < 1.29 is 12.8 Å². The zero-order chi connectivity index (χ0) is 10.3. The SMILES string of the molecule is CN1CCc2cc(S(N)(=O)=O)oc2C1. The quantitative estimate of drug-likeness (QED) is 0.712. The van der Waals surface area contributed by atoms with Crippen molar-refractivity contribution >= 4 is 10.0 Å². The van der Waals surface area contributed by atoms with Gasteiger partial charge in [0.15, 0.2) is 0 Å². The molecule has 1 aromatic rings. The third-order valence-corrected chi connectivity index (χ3v) is 3.09. The fourth-order valence-electron chi connectivity index (χ4n) is 1.56. The van der Waals surface area contributed by atoms with Crippen molar-refractivity contribution in [2.75, 3.05) is 13.6 Å². The molecule has 0 unspecified atom stereocenters. The average Bonchev–Trinajstić information content (AvgIpc) is 2.45. The first kappa shape index (κ1) is 9.70. The van der Waals surface area contributed by atoms with Gasteiger partial charge in [0, 0.05) is 12.6 Å². The number of primary sulfonamides is 1. The molecule has 0 saturated carbocycles. The van der Waals surface area contributed by atoms with Crippen LogP contribution in [0.1, 0.15) is 11.3 Å². The summed E-state index contributed by atoms with van der Waals surface area (Å²) in [7, 11) is -1.74. The summed E-state index contributed by atoms with van der Waals surface area (Å²) in [4.78, 5) is 2.07. The minimum absolute atomic E-state index is 0.127. The van der Waals surface area contributed by atoms with Crippen LogP contribution in [-0.4, -0.2) is 26.9 Å². The molecular formula is C8H12N2O3S. The van der Waals surface area contributed by atoms with Crippen molar-refractivity contribution in [1.82, 2.24) is 4.90 Å². The molecule has 0 bridgehead atoms. The molecule has 1 aliphatic rings. The maximum Gasteiger partial charge on any atom is 0.271 e. The highest BCUT2D eigenvalue weighted by Gasteiger charge is 2.22. The first-order valence-corrected chi connectivity index (χ1v) is 5.84. The van der Waals surface area contributed by atoms with Crippen molar-refractivity contribution in [2.45, 2.75) is 18.1 Å². The van der Waals surface area contributed by atoms with Gasteiger partial charge in [0.2, 0.25) is 5.09 Å². The van der Waals surface area contributed by atoms with E-state index in [1.807, 2.05) is 7.05 Å². The number of furan rings is 1. The van der Waals surface area contributed by atoms with E-state index in [2.05, 4.69) is 4.90 Å². The van der Waals surface area contributed by atoms with Crippen molar-refractivity contribution in [3.8, 4) is 0 Å². The molecule has 0 saturated heterocycles. The van der Waals surface area contributed by atoms with Crippen LogP contribution in [0.25, 0.3) is 0 Å². The molecule has 6 heteroatoms. The molecule has 2 heterocycles. The third kappa shape index (κ3) is 1.68. The van der Waals surface area contributed by atoms with Gasteiger partial charge in [-0.05, 0) is 19.0 Å². The van der Waals surface area contributed by atoms with Gasteiger partial charge < -0.3 is 4.42 Å². The molecule has 0 spiro atoms. The van der Waals surface area contributed by atoms with Gasteiger partial charge in [-0.2, -0.15) is 0 Å². The number of nitrogens with zero attached hydrogens (tertiary/aromatic N) is 1. The van der Waals surface area contributed by atoms with E-state index in [0.717, 1.165) is 18.5 Å². The molecule has 0 radical (unpaired) electrons.